The van der Waals surface area contributed by atoms with Crippen molar-refractivity contribution in [2.24, 2.45) is 5.92 Å². The predicted octanol–water partition coefficient (Wildman–Crippen LogP) is 5.80. The van der Waals surface area contributed by atoms with Crippen LogP contribution in [0.5, 0.6) is 0 Å². The molecule has 2 fully saturated rings. The molecule has 0 radical (unpaired) electrons. The second-order valence-corrected chi connectivity index (χ2v) is 11.6. The van der Waals surface area contributed by atoms with E-state index in [1.54, 1.807) is 24.1 Å². The molecule has 2 heterocycles. The molecule has 2 aliphatic rings. The summed E-state index contributed by atoms with van der Waals surface area (Å²) in [5.74, 6) is -1.34. The van der Waals surface area contributed by atoms with Crippen molar-refractivity contribution < 1.29 is 22.8 Å². The van der Waals surface area contributed by atoms with Gasteiger partial charge in [-0.25, -0.2) is 4.98 Å². The minimum atomic E-state index is -4.69. The Hall–Kier alpha value is -3.12. The summed E-state index contributed by atoms with van der Waals surface area (Å²) in [6, 6.07) is 4.26. The number of aromatic nitrogens is 2. The van der Waals surface area contributed by atoms with Crippen molar-refractivity contribution in [3.63, 3.8) is 0 Å². The van der Waals surface area contributed by atoms with Crippen molar-refractivity contribution >= 4 is 40.9 Å². The van der Waals surface area contributed by atoms with E-state index in [9.17, 15) is 22.8 Å². The molecule has 2 atom stereocenters. The van der Waals surface area contributed by atoms with Gasteiger partial charge in [0, 0.05) is 37.1 Å². The van der Waals surface area contributed by atoms with Crippen LogP contribution in [0.1, 0.15) is 69.3 Å². The quantitative estimate of drug-likeness (QED) is 0.347. The van der Waals surface area contributed by atoms with Gasteiger partial charge in [0.05, 0.1) is 16.5 Å². The minimum absolute atomic E-state index is 0. The van der Waals surface area contributed by atoms with Gasteiger partial charge in [-0.2, -0.15) is 18.2 Å². The monoisotopic (exact) mass is 611 g/mol. The van der Waals surface area contributed by atoms with E-state index in [0.717, 1.165) is 25.9 Å². The van der Waals surface area contributed by atoms with Crippen LogP contribution in [0.4, 0.5) is 30.6 Å². The number of carbonyl (C=O) groups excluding carboxylic acids is 2. The Morgan fingerprint density at radius 1 is 1.14 bits per heavy atom. The number of carbonyl (C=O) groups is 2. The zero-order valence-electron chi connectivity index (χ0n) is 23.7. The molecular formula is C29H41ClF3N7O2. The van der Waals surface area contributed by atoms with Crippen molar-refractivity contribution in [2.75, 3.05) is 37.8 Å². The number of likely N-dealkylation sites (tertiary alicyclic amines) is 1. The number of halogens is 4. The van der Waals surface area contributed by atoms with Crippen molar-refractivity contribution in [1.82, 2.24) is 25.1 Å². The number of hydrogen-bond donors (Lipinski definition) is 3. The van der Waals surface area contributed by atoms with Gasteiger partial charge < -0.3 is 25.8 Å². The third-order valence-corrected chi connectivity index (χ3v) is 8.02. The summed E-state index contributed by atoms with van der Waals surface area (Å²) < 4.78 is 41.5. The number of alkyl halides is 3. The zero-order chi connectivity index (χ0) is 29.9. The summed E-state index contributed by atoms with van der Waals surface area (Å²) in [6.07, 6.45) is -0.404. The van der Waals surface area contributed by atoms with Crippen LogP contribution in [0.2, 0.25) is 5.02 Å². The lowest BCUT2D eigenvalue weighted by Crippen LogP contribution is -2.44. The van der Waals surface area contributed by atoms with Crippen LogP contribution in [-0.2, 0) is 11.0 Å². The Balaban J connectivity index is 0.00000484. The molecule has 1 aliphatic heterocycles. The number of rotatable bonds is 8. The Kier molecular flexibility index (Phi) is 11.0. The number of hydrogen-bond acceptors (Lipinski definition) is 7. The van der Waals surface area contributed by atoms with Crippen LogP contribution >= 0.6 is 11.6 Å². The molecule has 2 aromatic rings. The van der Waals surface area contributed by atoms with Crippen molar-refractivity contribution in [2.45, 2.75) is 77.7 Å². The molecule has 1 aliphatic carbocycles. The summed E-state index contributed by atoms with van der Waals surface area (Å²) in [5, 5.41) is 8.82. The van der Waals surface area contributed by atoms with E-state index in [4.69, 9.17) is 11.6 Å². The van der Waals surface area contributed by atoms with Crippen LogP contribution in [0.15, 0.2) is 24.4 Å². The van der Waals surface area contributed by atoms with Crippen LogP contribution in [0, 0.1) is 5.92 Å². The molecule has 232 valence electrons. The van der Waals surface area contributed by atoms with E-state index in [0.29, 0.717) is 36.7 Å². The van der Waals surface area contributed by atoms with Gasteiger partial charge in [0.15, 0.2) is 0 Å². The molecule has 4 rings (SSSR count). The normalized spacial score (nSPS) is 19.7. The van der Waals surface area contributed by atoms with Gasteiger partial charge in [0.25, 0.3) is 5.91 Å². The molecule has 1 saturated heterocycles. The van der Waals surface area contributed by atoms with E-state index in [2.05, 4.69) is 37.9 Å². The Bertz CT molecular complexity index is 1250. The molecule has 1 aromatic heterocycles. The highest BCUT2D eigenvalue weighted by molar-refractivity contribution is 6.34. The molecule has 0 bridgehead atoms. The fourth-order valence-corrected chi connectivity index (χ4v) is 5.67. The molecule has 3 N–H and O–H groups in total. The third kappa shape index (κ3) is 8.03. The van der Waals surface area contributed by atoms with Crippen LogP contribution in [-0.4, -0.2) is 76.9 Å². The number of benzene rings is 1. The number of nitrogens with one attached hydrogen (secondary N) is 3. The largest absolute Gasteiger partial charge is 0.421 e. The zero-order valence-corrected chi connectivity index (χ0v) is 24.4. The number of anilines is 3. The molecule has 1 aromatic carbocycles. The maximum absolute atomic E-state index is 13.8. The Morgan fingerprint density at radius 3 is 2.45 bits per heavy atom. The maximum Gasteiger partial charge on any atom is 0.421 e. The Labute approximate surface area is 250 Å². The highest BCUT2D eigenvalue weighted by Crippen LogP contribution is 2.37. The van der Waals surface area contributed by atoms with Gasteiger partial charge in [-0.1, -0.05) is 25.4 Å². The van der Waals surface area contributed by atoms with Gasteiger partial charge in [-0.3, -0.25) is 9.59 Å². The standard InChI is InChI=1S/C28H37ClF3N7O2.CH4/c1-16(2)34-25(40)20-6-5-7-23(20)36-24-21(28(30,31)32)15-33-27(37-24)35-17-8-9-19(22(29)14-17)26(41)39(4)18-10-12-38(3)13-11-18;/h8-9,14-16,18,20,23H,5-7,10-13H2,1-4H3,(H,34,40)(H2,33,35,36,37);1H4/t20-,23+;/m0./s1. The fraction of sp³-hybridized carbons (Fsp3) is 0.586. The van der Waals surface area contributed by atoms with E-state index in [1.165, 1.54) is 6.07 Å². The first-order valence-corrected chi connectivity index (χ1v) is 14.2. The first-order valence-electron chi connectivity index (χ1n) is 13.9. The lowest BCUT2D eigenvalue weighted by atomic mass is 10.0. The average molecular weight is 612 g/mol. The van der Waals surface area contributed by atoms with Crippen molar-refractivity contribution in [3.8, 4) is 0 Å². The van der Waals surface area contributed by atoms with Gasteiger partial charge >= 0.3 is 6.18 Å². The third-order valence-electron chi connectivity index (χ3n) is 7.71. The predicted molar refractivity (Wildman–Crippen MR) is 159 cm³/mol. The number of nitrogens with zero attached hydrogens (tertiary/aromatic N) is 4. The first-order chi connectivity index (χ1) is 19.3. The molecule has 1 saturated carbocycles. The van der Waals surface area contributed by atoms with Crippen molar-refractivity contribution in [1.29, 1.82) is 0 Å². The summed E-state index contributed by atoms with van der Waals surface area (Å²) in [6.45, 7) is 5.49. The average Bonchev–Trinajstić information content (AvgIpc) is 3.36. The van der Waals surface area contributed by atoms with Crippen LogP contribution in [0.25, 0.3) is 0 Å². The Morgan fingerprint density at radius 2 is 1.83 bits per heavy atom. The topological polar surface area (TPSA) is 102 Å². The van der Waals surface area contributed by atoms with Gasteiger partial charge in [0.2, 0.25) is 11.9 Å². The second-order valence-electron chi connectivity index (χ2n) is 11.2. The fourth-order valence-electron chi connectivity index (χ4n) is 5.41. The van der Waals surface area contributed by atoms with Crippen molar-refractivity contribution in [3.05, 3.63) is 40.5 Å². The second kappa shape index (κ2) is 13.9. The molecule has 13 heteroatoms. The van der Waals surface area contributed by atoms with Crippen LogP contribution in [0.3, 0.4) is 0 Å². The van der Waals surface area contributed by atoms with E-state index >= 15 is 0 Å². The lowest BCUT2D eigenvalue weighted by molar-refractivity contribution is -0.137. The number of piperidine rings is 1. The van der Waals surface area contributed by atoms with Gasteiger partial charge in [-0.05, 0) is 77.9 Å². The smallest absolute Gasteiger partial charge is 0.366 e. The maximum atomic E-state index is 13.8. The molecular weight excluding hydrogens is 571 g/mol. The van der Waals surface area contributed by atoms with Crippen LogP contribution < -0.4 is 16.0 Å². The highest BCUT2D eigenvalue weighted by Gasteiger charge is 2.39. The summed E-state index contributed by atoms with van der Waals surface area (Å²) in [7, 11) is 3.82. The van der Waals surface area contributed by atoms with E-state index in [1.807, 2.05) is 13.8 Å². The van der Waals surface area contributed by atoms with E-state index < -0.39 is 29.5 Å². The highest BCUT2D eigenvalue weighted by atomic mass is 35.5. The van der Waals surface area contributed by atoms with Gasteiger partial charge in [-0.15, -0.1) is 0 Å². The lowest BCUT2D eigenvalue weighted by Gasteiger charge is -2.35. The molecule has 0 spiro atoms. The molecule has 9 nitrogen and oxygen atoms in total. The molecule has 0 unspecified atom stereocenters. The molecule has 42 heavy (non-hydrogen) atoms. The van der Waals surface area contributed by atoms with Gasteiger partial charge in [0.1, 0.15) is 11.4 Å². The SMILES string of the molecule is C.CC(C)NC(=O)[C@H]1CCC[C@H]1Nc1nc(Nc2ccc(C(=O)N(C)C3CCN(C)CC3)c(Cl)c2)ncc1C(F)(F)F. The first kappa shape index (κ1) is 33.4. The van der Waals surface area contributed by atoms with E-state index in [-0.39, 0.29) is 42.3 Å². The number of amides is 2. The summed E-state index contributed by atoms with van der Waals surface area (Å²) in [4.78, 5) is 37.7. The summed E-state index contributed by atoms with van der Waals surface area (Å²) >= 11 is 6.47. The summed E-state index contributed by atoms with van der Waals surface area (Å²) in [5.41, 5.74) is -0.274. The molecule has 2 amide bonds. The minimum Gasteiger partial charge on any atom is -0.366 e.